The molecule has 0 fully saturated rings. The predicted molar refractivity (Wildman–Crippen MR) is 59.6 cm³/mol. The standard InChI is InChI=1S/C11H9ClN2O3/c1-7-5-14-10(17-7)6-16-11(15)9-4-8(12)2-3-13-9/h2-5H,6H2,1H3. The van der Waals surface area contributed by atoms with Crippen LogP contribution in [0.4, 0.5) is 0 Å². The maximum atomic E-state index is 11.6. The number of aromatic nitrogens is 2. The van der Waals surface area contributed by atoms with Crippen molar-refractivity contribution >= 4 is 17.6 Å². The molecule has 0 aliphatic carbocycles. The molecular weight excluding hydrogens is 244 g/mol. The molecule has 2 aromatic heterocycles. The molecule has 0 bridgehead atoms. The van der Waals surface area contributed by atoms with Crippen LogP contribution < -0.4 is 0 Å². The van der Waals surface area contributed by atoms with Crippen LogP contribution in [-0.4, -0.2) is 15.9 Å². The number of ether oxygens (including phenoxy) is 1. The molecule has 0 atom stereocenters. The van der Waals surface area contributed by atoms with Gasteiger partial charge in [-0.05, 0) is 19.1 Å². The molecule has 0 aromatic carbocycles. The molecule has 0 amide bonds. The summed E-state index contributed by atoms with van der Waals surface area (Å²) in [4.78, 5) is 19.3. The molecule has 2 rings (SSSR count). The highest BCUT2D eigenvalue weighted by atomic mass is 35.5. The summed E-state index contributed by atoms with van der Waals surface area (Å²) in [5.41, 5.74) is 0.153. The van der Waals surface area contributed by atoms with Crippen LogP contribution in [0.1, 0.15) is 22.1 Å². The topological polar surface area (TPSA) is 65.2 Å². The average Bonchev–Trinajstić information content (AvgIpc) is 2.72. The molecule has 0 saturated carbocycles. The fourth-order valence-electron chi connectivity index (χ4n) is 1.19. The van der Waals surface area contributed by atoms with Crippen molar-refractivity contribution in [3.8, 4) is 0 Å². The number of hydrogen-bond acceptors (Lipinski definition) is 5. The van der Waals surface area contributed by atoms with Crippen LogP contribution in [-0.2, 0) is 11.3 Å². The predicted octanol–water partition coefficient (Wildman–Crippen LogP) is 2.39. The average molecular weight is 253 g/mol. The van der Waals surface area contributed by atoms with Gasteiger partial charge in [0.05, 0.1) is 6.20 Å². The minimum absolute atomic E-state index is 0.0269. The first-order valence-electron chi connectivity index (χ1n) is 4.85. The highest BCUT2D eigenvalue weighted by molar-refractivity contribution is 6.30. The van der Waals surface area contributed by atoms with E-state index in [2.05, 4.69) is 9.97 Å². The van der Waals surface area contributed by atoms with Gasteiger partial charge in [0.1, 0.15) is 11.5 Å². The van der Waals surface area contributed by atoms with Crippen molar-refractivity contribution < 1.29 is 13.9 Å². The minimum atomic E-state index is -0.566. The Kier molecular flexibility index (Phi) is 3.39. The van der Waals surface area contributed by atoms with Crippen LogP contribution in [0.25, 0.3) is 0 Å². The lowest BCUT2D eigenvalue weighted by Crippen LogP contribution is -2.07. The van der Waals surface area contributed by atoms with Gasteiger partial charge >= 0.3 is 5.97 Å². The van der Waals surface area contributed by atoms with E-state index in [1.165, 1.54) is 12.3 Å². The fourth-order valence-corrected chi connectivity index (χ4v) is 1.35. The van der Waals surface area contributed by atoms with E-state index in [1.54, 1.807) is 19.2 Å². The summed E-state index contributed by atoms with van der Waals surface area (Å²) in [5.74, 6) is 0.443. The van der Waals surface area contributed by atoms with Crippen LogP contribution >= 0.6 is 11.6 Å². The molecule has 0 saturated heterocycles. The minimum Gasteiger partial charge on any atom is -0.451 e. The SMILES string of the molecule is Cc1cnc(COC(=O)c2cc(Cl)ccn2)o1. The number of aryl methyl sites for hydroxylation is 1. The number of halogens is 1. The zero-order chi connectivity index (χ0) is 12.3. The highest BCUT2D eigenvalue weighted by Gasteiger charge is 2.11. The summed E-state index contributed by atoms with van der Waals surface area (Å²) in [6.07, 6.45) is 3.00. The van der Waals surface area contributed by atoms with E-state index in [1.807, 2.05) is 0 Å². The molecule has 2 heterocycles. The Hall–Kier alpha value is -1.88. The van der Waals surface area contributed by atoms with Gasteiger partial charge in [0.15, 0.2) is 6.61 Å². The first-order valence-corrected chi connectivity index (χ1v) is 5.23. The Morgan fingerprint density at radius 2 is 2.35 bits per heavy atom. The van der Waals surface area contributed by atoms with E-state index in [9.17, 15) is 4.79 Å². The molecule has 0 spiro atoms. The number of pyridine rings is 1. The van der Waals surface area contributed by atoms with Crippen molar-refractivity contribution in [2.75, 3.05) is 0 Å². The van der Waals surface area contributed by atoms with Gasteiger partial charge in [0.2, 0.25) is 5.89 Å². The zero-order valence-electron chi connectivity index (χ0n) is 9.01. The van der Waals surface area contributed by atoms with E-state index in [4.69, 9.17) is 20.8 Å². The van der Waals surface area contributed by atoms with Gasteiger partial charge in [-0.25, -0.2) is 14.8 Å². The summed E-state index contributed by atoms with van der Waals surface area (Å²) in [6, 6.07) is 3.01. The smallest absolute Gasteiger partial charge is 0.357 e. The maximum Gasteiger partial charge on any atom is 0.357 e. The summed E-state index contributed by atoms with van der Waals surface area (Å²) < 4.78 is 10.1. The third kappa shape index (κ3) is 3.04. The zero-order valence-corrected chi connectivity index (χ0v) is 9.77. The van der Waals surface area contributed by atoms with Gasteiger partial charge in [-0.1, -0.05) is 11.6 Å². The first kappa shape index (κ1) is 11.6. The second kappa shape index (κ2) is 4.97. The molecule has 17 heavy (non-hydrogen) atoms. The number of nitrogens with zero attached hydrogens (tertiary/aromatic N) is 2. The van der Waals surface area contributed by atoms with E-state index in [-0.39, 0.29) is 12.3 Å². The fraction of sp³-hybridized carbons (Fsp3) is 0.182. The lowest BCUT2D eigenvalue weighted by atomic mass is 10.3. The highest BCUT2D eigenvalue weighted by Crippen LogP contribution is 2.10. The van der Waals surface area contributed by atoms with Gasteiger partial charge in [-0.3, -0.25) is 0 Å². The van der Waals surface area contributed by atoms with Gasteiger partial charge in [0, 0.05) is 11.2 Å². The van der Waals surface area contributed by atoms with Crippen LogP contribution in [0.5, 0.6) is 0 Å². The Bertz CT molecular complexity index is 539. The number of esters is 1. The van der Waals surface area contributed by atoms with Crippen molar-refractivity contribution in [1.82, 2.24) is 9.97 Å². The summed E-state index contributed by atoms with van der Waals surface area (Å²) in [6.45, 7) is 1.73. The van der Waals surface area contributed by atoms with E-state index < -0.39 is 5.97 Å². The van der Waals surface area contributed by atoms with Crippen molar-refractivity contribution in [2.45, 2.75) is 13.5 Å². The number of carbonyl (C=O) groups excluding carboxylic acids is 1. The number of rotatable bonds is 3. The van der Waals surface area contributed by atoms with Gasteiger partial charge < -0.3 is 9.15 Å². The van der Waals surface area contributed by atoms with E-state index in [0.29, 0.717) is 16.7 Å². The number of hydrogen-bond donors (Lipinski definition) is 0. The summed E-state index contributed by atoms with van der Waals surface area (Å²) in [7, 11) is 0. The quantitative estimate of drug-likeness (QED) is 0.785. The van der Waals surface area contributed by atoms with Crippen LogP contribution in [0.2, 0.25) is 5.02 Å². The number of carbonyl (C=O) groups is 1. The Morgan fingerprint density at radius 3 is 3.00 bits per heavy atom. The third-order valence-corrected chi connectivity index (χ3v) is 2.16. The molecular formula is C11H9ClN2O3. The summed E-state index contributed by atoms with van der Waals surface area (Å²) in [5, 5.41) is 0.430. The summed E-state index contributed by atoms with van der Waals surface area (Å²) >= 11 is 5.73. The molecule has 5 nitrogen and oxygen atoms in total. The normalized spacial score (nSPS) is 10.2. The second-order valence-corrected chi connectivity index (χ2v) is 3.74. The monoisotopic (exact) mass is 252 g/mol. The molecule has 0 aliphatic rings. The molecule has 2 aromatic rings. The molecule has 6 heteroatoms. The van der Waals surface area contributed by atoms with Crippen molar-refractivity contribution in [3.05, 3.63) is 46.9 Å². The van der Waals surface area contributed by atoms with Gasteiger partial charge in [-0.2, -0.15) is 0 Å². The molecule has 0 aliphatic heterocycles. The largest absolute Gasteiger partial charge is 0.451 e. The molecule has 0 unspecified atom stereocenters. The first-order chi connectivity index (χ1) is 8.15. The van der Waals surface area contributed by atoms with Crippen LogP contribution in [0, 0.1) is 6.92 Å². The third-order valence-electron chi connectivity index (χ3n) is 1.93. The lowest BCUT2D eigenvalue weighted by molar-refractivity contribution is 0.0430. The number of oxazole rings is 1. The van der Waals surface area contributed by atoms with Crippen LogP contribution in [0.3, 0.4) is 0 Å². The Labute approximate surface area is 102 Å². The molecule has 0 N–H and O–H groups in total. The van der Waals surface area contributed by atoms with Crippen molar-refractivity contribution in [2.24, 2.45) is 0 Å². The van der Waals surface area contributed by atoms with Gasteiger partial charge in [-0.15, -0.1) is 0 Å². The van der Waals surface area contributed by atoms with E-state index in [0.717, 1.165) is 0 Å². The molecule has 88 valence electrons. The van der Waals surface area contributed by atoms with Crippen molar-refractivity contribution in [3.63, 3.8) is 0 Å². The molecule has 0 radical (unpaired) electrons. The second-order valence-electron chi connectivity index (χ2n) is 3.30. The lowest BCUT2D eigenvalue weighted by Gasteiger charge is -2.01. The Balaban J connectivity index is 1.98. The van der Waals surface area contributed by atoms with E-state index >= 15 is 0 Å². The Morgan fingerprint density at radius 1 is 1.53 bits per heavy atom. The van der Waals surface area contributed by atoms with Crippen LogP contribution in [0.15, 0.2) is 28.9 Å². The van der Waals surface area contributed by atoms with Gasteiger partial charge in [0.25, 0.3) is 0 Å². The maximum absolute atomic E-state index is 11.6. The van der Waals surface area contributed by atoms with Crippen molar-refractivity contribution in [1.29, 1.82) is 0 Å².